The molecule has 82 valence electrons. The Morgan fingerprint density at radius 2 is 2.07 bits per heavy atom. The van der Waals surface area contributed by atoms with Gasteiger partial charge in [-0.25, -0.2) is 0 Å². The van der Waals surface area contributed by atoms with Gasteiger partial charge in [0.25, 0.3) is 0 Å². The summed E-state index contributed by atoms with van der Waals surface area (Å²) >= 11 is 0. The largest absolute Gasteiger partial charge is 0.458 e. The zero-order valence-electron chi connectivity index (χ0n) is 9.04. The number of esters is 1. The van der Waals surface area contributed by atoms with Crippen molar-refractivity contribution >= 4 is 11.8 Å². The molecule has 1 spiro atoms. The van der Waals surface area contributed by atoms with Crippen LogP contribution in [-0.4, -0.2) is 17.4 Å². The first-order valence-corrected chi connectivity index (χ1v) is 5.86. The van der Waals surface area contributed by atoms with Crippen molar-refractivity contribution in [2.24, 2.45) is 11.3 Å². The molecule has 0 aromatic rings. The average Bonchev–Trinajstić information content (AvgIpc) is 2.57. The molecule has 3 heteroatoms. The van der Waals surface area contributed by atoms with Gasteiger partial charge in [0, 0.05) is 6.42 Å². The van der Waals surface area contributed by atoms with Gasteiger partial charge in [-0.1, -0.05) is 0 Å². The molecule has 0 amide bonds. The van der Waals surface area contributed by atoms with Crippen LogP contribution in [0.4, 0.5) is 0 Å². The minimum atomic E-state index is -0.486. The number of carbonyl (C=O) groups excluding carboxylic acids is 2. The predicted molar refractivity (Wildman–Crippen MR) is 53.1 cm³/mol. The molecule has 3 nitrogen and oxygen atoms in total. The first-order valence-electron chi connectivity index (χ1n) is 5.86. The lowest BCUT2D eigenvalue weighted by Crippen LogP contribution is -2.51. The van der Waals surface area contributed by atoms with Crippen LogP contribution in [0.1, 0.15) is 45.4 Å². The zero-order valence-corrected chi connectivity index (χ0v) is 9.04. The Bertz CT molecular complexity index is 349. The summed E-state index contributed by atoms with van der Waals surface area (Å²) in [5.41, 5.74) is -0.928. The third-order valence-electron chi connectivity index (χ3n) is 4.77. The maximum absolute atomic E-state index is 12.1. The van der Waals surface area contributed by atoms with Gasteiger partial charge in [0.2, 0.25) is 0 Å². The summed E-state index contributed by atoms with van der Waals surface area (Å²) in [4.78, 5) is 23.9. The maximum Gasteiger partial charge on any atom is 0.310 e. The molecule has 1 saturated heterocycles. The van der Waals surface area contributed by atoms with Crippen molar-refractivity contribution in [3.63, 3.8) is 0 Å². The predicted octanol–water partition coefficient (Wildman–Crippen LogP) is 1.84. The van der Waals surface area contributed by atoms with Gasteiger partial charge in [0.1, 0.15) is 11.4 Å². The highest BCUT2D eigenvalue weighted by molar-refractivity contribution is 5.96. The van der Waals surface area contributed by atoms with Gasteiger partial charge < -0.3 is 4.74 Å². The van der Waals surface area contributed by atoms with Crippen molar-refractivity contribution < 1.29 is 14.3 Å². The van der Waals surface area contributed by atoms with Gasteiger partial charge in [0.05, 0.1) is 11.3 Å². The molecule has 0 aromatic heterocycles. The standard InChI is InChI=1S/C12H16O3/c1-11-6-2-4-8(10(14)15-11)12(11)7-3-5-9(12)13/h8H,2-7H2,1H3/t8-,11-,12+/m0/s1. The molecule has 15 heavy (non-hydrogen) atoms. The van der Waals surface area contributed by atoms with Crippen molar-refractivity contribution in [3.8, 4) is 0 Å². The molecule has 3 aliphatic rings. The Hall–Kier alpha value is -0.860. The molecular weight excluding hydrogens is 192 g/mol. The second kappa shape index (κ2) is 2.63. The van der Waals surface area contributed by atoms with Crippen LogP contribution in [0.3, 0.4) is 0 Å². The number of ketones is 1. The van der Waals surface area contributed by atoms with Gasteiger partial charge in [-0.3, -0.25) is 9.59 Å². The fourth-order valence-corrected chi connectivity index (χ4v) is 4.05. The maximum atomic E-state index is 12.1. The summed E-state index contributed by atoms with van der Waals surface area (Å²) in [5.74, 6) is 0.0250. The fraction of sp³-hybridized carbons (Fsp3) is 0.833. The fourth-order valence-electron chi connectivity index (χ4n) is 4.05. The highest BCUT2D eigenvalue weighted by atomic mass is 16.6. The van der Waals surface area contributed by atoms with E-state index in [9.17, 15) is 9.59 Å². The Morgan fingerprint density at radius 1 is 1.27 bits per heavy atom. The van der Waals surface area contributed by atoms with Gasteiger partial charge in [-0.05, 0) is 39.0 Å². The van der Waals surface area contributed by atoms with E-state index in [0.717, 1.165) is 32.1 Å². The Balaban J connectivity index is 2.14. The van der Waals surface area contributed by atoms with Gasteiger partial charge in [-0.15, -0.1) is 0 Å². The van der Waals surface area contributed by atoms with Crippen molar-refractivity contribution in [2.75, 3.05) is 0 Å². The van der Waals surface area contributed by atoms with Crippen LogP contribution < -0.4 is 0 Å². The smallest absolute Gasteiger partial charge is 0.310 e. The summed E-state index contributed by atoms with van der Waals surface area (Å²) in [6.07, 6.45) is 5.16. The normalized spacial score (nSPS) is 48.7. The van der Waals surface area contributed by atoms with Crippen molar-refractivity contribution in [1.82, 2.24) is 0 Å². The summed E-state index contributed by atoms with van der Waals surface area (Å²) in [5, 5.41) is 0. The van der Waals surface area contributed by atoms with E-state index in [1.807, 2.05) is 6.92 Å². The van der Waals surface area contributed by atoms with Gasteiger partial charge >= 0.3 is 5.97 Å². The molecule has 1 aliphatic heterocycles. The zero-order chi connectivity index (χ0) is 10.7. The van der Waals surface area contributed by atoms with Crippen LogP contribution in [0.25, 0.3) is 0 Å². The van der Waals surface area contributed by atoms with E-state index < -0.39 is 11.0 Å². The second-order valence-corrected chi connectivity index (χ2v) is 5.34. The van der Waals surface area contributed by atoms with Crippen molar-refractivity contribution in [1.29, 1.82) is 0 Å². The Morgan fingerprint density at radius 3 is 2.67 bits per heavy atom. The first-order chi connectivity index (χ1) is 7.10. The molecule has 2 bridgehead atoms. The number of hydrogen-bond donors (Lipinski definition) is 0. The molecule has 0 unspecified atom stereocenters. The molecule has 2 saturated carbocycles. The van der Waals surface area contributed by atoms with E-state index in [4.69, 9.17) is 4.74 Å². The Kier molecular flexibility index (Phi) is 1.64. The van der Waals surface area contributed by atoms with Crippen LogP contribution in [0.15, 0.2) is 0 Å². The summed E-state index contributed by atoms with van der Waals surface area (Å²) in [6.45, 7) is 1.97. The van der Waals surface area contributed by atoms with E-state index in [-0.39, 0.29) is 17.7 Å². The quantitative estimate of drug-likeness (QED) is 0.570. The number of carbonyl (C=O) groups is 2. The van der Waals surface area contributed by atoms with Gasteiger partial charge in [0.15, 0.2) is 0 Å². The molecule has 0 N–H and O–H groups in total. The summed E-state index contributed by atoms with van der Waals surface area (Å²) < 4.78 is 5.52. The highest BCUT2D eigenvalue weighted by Crippen LogP contribution is 2.61. The molecule has 1 heterocycles. The Labute approximate surface area is 89.2 Å². The molecular formula is C12H16O3. The molecule has 0 radical (unpaired) electrons. The van der Waals surface area contributed by atoms with E-state index in [1.54, 1.807) is 0 Å². The minimum Gasteiger partial charge on any atom is -0.458 e. The van der Waals surface area contributed by atoms with E-state index in [0.29, 0.717) is 6.42 Å². The highest BCUT2D eigenvalue weighted by Gasteiger charge is 2.69. The third kappa shape index (κ3) is 0.876. The lowest BCUT2D eigenvalue weighted by Gasteiger charge is -2.42. The minimum absolute atomic E-state index is 0.120. The van der Waals surface area contributed by atoms with Crippen LogP contribution in [0.5, 0.6) is 0 Å². The van der Waals surface area contributed by atoms with Crippen molar-refractivity contribution in [2.45, 2.75) is 51.0 Å². The van der Waals surface area contributed by atoms with Crippen LogP contribution in [-0.2, 0) is 14.3 Å². The number of ether oxygens (including phenoxy) is 1. The van der Waals surface area contributed by atoms with Crippen LogP contribution in [0, 0.1) is 11.3 Å². The number of rotatable bonds is 0. The molecule has 0 aromatic carbocycles. The summed E-state index contributed by atoms with van der Waals surface area (Å²) in [6, 6.07) is 0. The topological polar surface area (TPSA) is 43.4 Å². The third-order valence-corrected chi connectivity index (χ3v) is 4.77. The second-order valence-electron chi connectivity index (χ2n) is 5.34. The lowest BCUT2D eigenvalue weighted by molar-refractivity contribution is -0.152. The molecule has 3 rings (SSSR count). The molecule has 3 fully saturated rings. The number of Topliss-reactive ketones (excluding diaryl/α,β-unsaturated/α-hetero) is 1. The van der Waals surface area contributed by atoms with E-state index >= 15 is 0 Å². The number of hydrogen-bond acceptors (Lipinski definition) is 3. The first kappa shape index (κ1) is 9.37. The van der Waals surface area contributed by atoms with Gasteiger partial charge in [-0.2, -0.15) is 0 Å². The monoisotopic (exact) mass is 208 g/mol. The average molecular weight is 208 g/mol. The van der Waals surface area contributed by atoms with Crippen molar-refractivity contribution in [3.05, 3.63) is 0 Å². The SMILES string of the molecule is C[C@@]12CCC[C@@H](C(=O)O1)[C@@]21CCCC1=O. The summed E-state index contributed by atoms with van der Waals surface area (Å²) in [7, 11) is 0. The molecule has 3 atom stereocenters. The van der Waals surface area contributed by atoms with Crippen LogP contribution in [0.2, 0.25) is 0 Å². The molecule has 2 aliphatic carbocycles. The lowest BCUT2D eigenvalue weighted by atomic mass is 9.58. The van der Waals surface area contributed by atoms with Crippen LogP contribution >= 0.6 is 0 Å². The van der Waals surface area contributed by atoms with E-state index in [2.05, 4.69) is 0 Å². The van der Waals surface area contributed by atoms with E-state index in [1.165, 1.54) is 0 Å².